The number of rotatable bonds is 4. The zero-order valence-electron chi connectivity index (χ0n) is 10.00. The number of carbonyl (C=O) groups is 1. The van der Waals surface area contributed by atoms with Gasteiger partial charge in [0.2, 0.25) is 5.78 Å². The van der Waals surface area contributed by atoms with Crippen LogP contribution >= 0.6 is 50.7 Å². The van der Waals surface area contributed by atoms with E-state index in [1.165, 1.54) is 6.07 Å². The highest BCUT2D eigenvalue weighted by molar-refractivity contribution is 9.10. The highest BCUT2D eigenvalue weighted by Gasteiger charge is 2.12. The maximum atomic E-state index is 12.0. The van der Waals surface area contributed by atoms with Crippen LogP contribution in [0.3, 0.4) is 0 Å². The van der Waals surface area contributed by atoms with Crippen molar-refractivity contribution in [3.05, 3.63) is 61.5 Å². The van der Waals surface area contributed by atoms with Crippen molar-refractivity contribution >= 4 is 56.5 Å². The monoisotopic (exact) mass is 392 g/mol. The Morgan fingerprint density at radius 3 is 2.35 bits per heavy atom. The minimum Gasteiger partial charge on any atom is -0.484 e. The van der Waals surface area contributed by atoms with Crippen LogP contribution in [-0.4, -0.2) is 12.4 Å². The molecule has 0 saturated heterocycles. The minimum absolute atomic E-state index is 0.123. The fourth-order valence-corrected chi connectivity index (χ4v) is 2.84. The second-order valence-electron chi connectivity index (χ2n) is 3.91. The Labute approximate surface area is 139 Å². The quantitative estimate of drug-likeness (QED) is 0.625. The van der Waals surface area contributed by atoms with Crippen molar-refractivity contribution in [2.45, 2.75) is 0 Å². The number of hydrogen-bond acceptors (Lipinski definition) is 2. The van der Waals surface area contributed by atoms with E-state index in [2.05, 4.69) is 15.9 Å². The van der Waals surface area contributed by atoms with Crippen LogP contribution in [0.25, 0.3) is 0 Å². The van der Waals surface area contributed by atoms with E-state index in [4.69, 9.17) is 39.5 Å². The van der Waals surface area contributed by atoms with Gasteiger partial charge in [0, 0.05) is 15.6 Å². The Morgan fingerprint density at radius 2 is 1.70 bits per heavy atom. The average Bonchev–Trinajstić information content (AvgIpc) is 2.37. The van der Waals surface area contributed by atoms with Crippen LogP contribution in [0.2, 0.25) is 15.1 Å². The van der Waals surface area contributed by atoms with Gasteiger partial charge in [-0.3, -0.25) is 4.79 Å². The van der Waals surface area contributed by atoms with Gasteiger partial charge in [0.05, 0.1) is 9.50 Å². The summed E-state index contributed by atoms with van der Waals surface area (Å²) in [5.74, 6) is 0.307. The lowest BCUT2D eigenvalue weighted by Crippen LogP contribution is -2.12. The predicted molar refractivity (Wildman–Crippen MR) is 85.4 cm³/mol. The molecule has 6 heteroatoms. The van der Waals surface area contributed by atoms with E-state index >= 15 is 0 Å². The topological polar surface area (TPSA) is 26.3 Å². The summed E-state index contributed by atoms with van der Waals surface area (Å²) in [5, 5.41) is 1.37. The summed E-state index contributed by atoms with van der Waals surface area (Å²) in [6.45, 7) is -0.123. The summed E-state index contributed by atoms with van der Waals surface area (Å²) < 4.78 is 6.13. The Kier molecular flexibility index (Phi) is 5.33. The van der Waals surface area contributed by atoms with E-state index in [1.807, 2.05) is 0 Å². The van der Waals surface area contributed by atoms with Gasteiger partial charge in [-0.05, 0) is 52.3 Å². The molecular formula is C14H8BrCl3O2. The molecule has 0 spiro atoms. The molecule has 20 heavy (non-hydrogen) atoms. The number of ketones is 1. The van der Waals surface area contributed by atoms with Crippen LogP contribution in [0.15, 0.2) is 40.9 Å². The molecule has 0 heterocycles. The highest BCUT2D eigenvalue weighted by Crippen LogP contribution is 2.28. The van der Waals surface area contributed by atoms with E-state index in [1.54, 1.807) is 30.3 Å². The van der Waals surface area contributed by atoms with Crippen molar-refractivity contribution in [1.82, 2.24) is 0 Å². The van der Waals surface area contributed by atoms with Gasteiger partial charge in [-0.15, -0.1) is 0 Å². The number of hydrogen-bond donors (Lipinski definition) is 0. The van der Waals surface area contributed by atoms with Crippen LogP contribution in [0, 0.1) is 0 Å². The number of carbonyl (C=O) groups excluding carboxylic acids is 1. The molecule has 0 saturated carbocycles. The average molecular weight is 394 g/mol. The van der Waals surface area contributed by atoms with Gasteiger partial charge in [-0.25, -0.2) is 0 Å². The first-order valence-corrected chi connectivity index (χ1v) is 7.46. The molecule has 0 amide bonds. The van der Waals surface area contributed by atoms with E-state index in [0.29, 0.717) is 30.9 Å². The van der Waals surface area contributed by atoms with E-state index in [-0.39, 0.29) is 12.4 Å². The predicted octanol–water partition coefficient (Wildman–Crippen LogP) is 5.67. The van der Waals surface area contributed by atoms with Crippen molar-refractivity contribution in [2.24, 2.45) is 0 Å². The second-order valence-corrected chi connectivity index (χ2v) is 6.05. The molecule has 0 aromatic heterocycles. The smallest absolute Gasteiger partial charge is 0.201 e. The molecule has 2 aromatic carbocycles. The third-order valence-electron chi connectivity index (χ3n) is 2.48. The van der Waals surface area contributed by atoms with Crippen molar-refractivity contribution in [3.8, 4) is 5.75 Å². The Hall–Kier alpha value is -0.740. The summed E-state index contributed by atoms with van der Waals surface area (Å²) >= 11 is 20.9. The van der Waals surface area contributed by atoms with Gasteiger partial charge in [0.1, 0.15) is 5.75 Å². The Balaban J connectivity index is 2.08. The normalized spacial score (nSPS) is 10.4. The lowest BCUT2D eigenvalue weighted by Gasteiger charge is -2.08. The number of halogens is 4. The summed E-state index contributed by atoms with van der Waals surface area (Å²) in [4.78, 5) is 12.0. The molecule has 0 fully saturated rings. The molecule has 0 atom stereocenters. The van der Waals surface area contributed by atoms with E-state index < -0.39 is 0 Å². The molecule has 104 valence electrons. The van der Waals surface area contributed by atoms with Crippen LogP contribution < -0.4 is 4.74 Å². The first-order valence-electron chi connectivity index (χ1n) is 5.53. The molecule has 2 nitrogen and oxygen atoms in total. The second kappa shape index (κ2) is 6.81. The van der Waals surface area contributed by atoms with Crippen LogP contribution in [0.5, 0.6) is 5.75 Å². The Morgan fingerprint density at radius 1 is 1.05 bits per heavy atom. The number of benzene rings is 2. The van der Waals surface area contributed by atoms with E-state index in [0.717, 1.165) is 0 Å². The minimum atomic E-state index is -0.228. The van der Waals surface area contributed by atoms with E-state index in [9.17, 15) is 4.79 Å². The molecule has 2 rings (SSSR count). The lowest BCUT2D eigenvalue weighted by atomic mass is 10.1. The third kappa shape index (κ3) is 3.89. The molecule has 0 N–H and O–H groups in total. The van der Waals surface area contributed by atoms with Gasteiger partial charge >= 0.3 is 0 Å². The van der Waals surface area contributed by atoms with Gasteiger partial charge in [0.25, 0.3) is 0 Å². The number of Topliss-reactive ketones (excluding diaryl/α,β-unsaturated/α-hetero) is 1. The molecule has 0 aliphatic heterocycles. The summed E-state index contributed by atoms with van der Waals surface area (Å²) in [7, 11) is 0. The summed E-state index contributed by atoms with van der Waals surface area (Å²) in [5.41, 5.74) is 0.376. The van der Waals surface area contributed by atoms with Crippen LogP contribution in [0.4, 0.5) is 0 Å². The zero-order valence-corrected chi connectivity index (χ0v) is 13.9. The van der Waals surface area contributed by atoms with Gasteiger partial charge in [-0.2, -0.15) is 0 Å². The summed E-state index contributed by atoms with van der Waals surface area (Å²) in [6.07, 6.45) is 0. The first-order chi connectivity index (χ1) is 9.47. The maximum absolute atomic E-state index is 12.0. The molecule has 0 aliphatic rings. The van der Waals surface area contributed by atoms with Gasteiger partial charge in [-0.1, -0.05) is 34.8 Å². The summed E-state index contributed by atoms with van der Waals surface area (Å²) in [6, 6.07) is 9.77. The van der Waals surface area contributed by atoms with Crippen molar-refractivity contribution in [1.29, 1.82) is 0 Å². The fraction of sp³-hybridized carbons (Fsp3) is 0.0714. The largest absolute Gasteiger partial charge is 0.484 e. The molecule has 2 aromatic rings. The van der Waals surface area contributed by atoms with Crippen molar-refractivity contribution in [3.63, 3.8) is 0 Å². The lowest BCUT2D eigenvalue weighted by molar-refractivity contribution is 0.0921. The Bertz CT molecular complexity index is 659. The molecular weight excluding hydrogens is 386 g/mol. The molecule has 0 unspecified atom stereocenters. The number of ether oxygens (including phenoxy) is 1. The standard InChI is InChI=1S/C14H8BrCl3O2/c15-11-5-8(16)2-4-14(11)20-7-13(19)10-3-1-9(17)6-12(10)18/h1-6H,7H2. The first kappa shape index (κ1) is 15.6. The highest BCUT2D eigenvalue weighted by atomic mass is 79.9. The molecule has 0 aliphatic carbocycles. The molecule has 0 radical (unpaired) electrons. The zero-order chi connectivity index (χ0) is 14.7. The van der Waals surface area contributed by atoms with Crippen LogP contribution in [0.1, 0.15) is 10.4 Å². The van der Waals surface area contributed by atoms with Crippen molar-refractivity contribution < 1.29 is 9.53 Å². The van der Waals surface area contributed by atoms with Crippen LogP contribution in [-0.2, 0) is 0 Å². The fourth-order valence-electron chi connectivity index (χ4n) is 1.53. The van der Waals surface area contributed by atoms with Crippen molar-refractivity contribution in [2.75, 3.05) is 6.61 Å². The SMILES string of the molecule is O=C(COc1ccc(Cl)cc1Br)c1ccc(Cl)cc1Cl. The molecule has 0 bridgehead atoms. The van der Waals surface area contributed by atoms with Gasteiger partial charge in [0.15, 0.2) is 6.61 Å². The van der Waals surface area contributed by atoms with Gasteiger partial charge < -0.3 is 4.74 Å². The third-order valence-corrected chi connectivity index (χ3v) is 3.89. The maximum Gasteiger partial charge on any atom is 0.201 e.